The van der Waals surface area contributed by atoms with Crippen molar-refractivity contribution >= 4 is 0 Å². The molecule has 0 saturated carbocycles. The molecule has 1 rings (SSSR count). The van der Waals surface area contributed by atoms with Crippen LogP contribution in [0.2, 0.25) is 0 Å². The zero-order chi connectivity index (χ0) is 11.5. The predicted octanol–water partition coefficient (Wildman–Crippen LogP) is 1.56. The van der Waals surface area contributed by atoms with Crippen molar-refractivity contribution in [3.8, 4) is 6.07 Å². The number of hydrogen-bond donors (Lipinski definition) is 0. The Morgan fingerprint density at radius 1 is 1.27 bits per heavy atom. The summed E-state index contributed by atoms with van der Waals surface area (Å²) in [5, 5.41) is 9.46. The van der Waals surface area contributed by atoms with Crippen molar-refractivity contribution in [2.45, 2.75) is 32.7 Å². The van der Waals surface area contributed by atoms with E-state index in [-0.39, 0.29) is 5.54 Å². The fourth-order valence-electron chi connectivity index (χ4n) is 2.48. The lowest BCUT2D eigenvalue weighted by atomic mass is 9.83. The standard InChI is InChI=1S/C12H23N3/c1-5-12(10-13,11(2)3)15-8-6-14(4)7-9-15/h11H,5-9H2,1-4H3. The minimum atomic E-state index is -0.249. The van der Waals surface area contributed by atoms with Gasteiger partial charge < -0.3 is 4.90 Å². The second-order valence-electron chi connectivity index (χ2n) is 4.83. The highest BCUT2D eigenvalue weighted by molar-refractivity contribution is 5.10. The summed E-state index contributed by atoms with van der Waals surface area (Å²) in [7, 11) is 2.15. The average molecular weight is 209 g/mol. The topological polar surface area (TPSA) is 30.3 Å². The molecular weight excluding hydrogens is 186 g/mol. The normalized spacial score (nSPS) is 23.7. The smallest absolute Gasteiger partial charge is 0.111 e. The van der Waals surface area contributed by atoms with E-state index in [0.29, 0.717) is 5.92 Å². The molecule has 1 aliphatic rings. The van der Waals surface area contributed by atoms with E-state index in [2.05, 4.69) is 43.7 Å². The second-order valence-corrected chi connectivity index (χ2v) is 4.83. The lowest BCUT2D eigenvalue weighted by Gasteiger charge is -2.45. The Balaban J connectivity index is 2.77. The Morgan fingerprint density at radius 3 is 2.13 bits per heavy atom. The molecule has 0 aromatic rings. The van der Waals surface area contributed by atoms with Crippen molar-refractivity contribution in [2.24, 2.45) is 5.92 Å². The van der Waals surface area contributed by atoms with Gasteiger partial charge in [0, 0.05) is 26.2 Å². The van der Waals surface area contributed by atoms with Crippen LogP contribution in [0, 0.1) is 17.2 Å². The van der Waals surface area contributed by atoms with Gasteiger partial charge in [-0.05, 0) is 19.4 Å². The Labute approximate surface area is 93.7 Å². The average Bonchev–Trinajstić information content (AvgIpc) is 2.22. The van der Waals surface area contributed by atoms with E-state index in [1.165, 1.54) is 0 Å². The van der Waals surface area contributed by atoms with Crippen LogP contribution in [-0.4, -0.2) is 48.6 Å². The van der Waals surface area contributed by atoms with E-state index in [0.717, 1.165) is 32.6 Å². The van der Waals surface area contributed by atoms with E-state index in [4.69, 9.17) is 0 Å². The summed E-state index contributed by atoms with van der Waals surface area (Å²) in [6, 6.07) is 2.56. The summed E-state index contributed by atoms with van der Waals surface area (Å²) in [5.74, 6) is 0.399. The quantitative estimate of drug-likeness (QED) is 0.706. The number of hydrogen-bond acceptors (Lipinski definition) is 3. The molecule has 0 amide bonds. The Hall–Kier alpha value is -0.590. The van der Waals surface area contributed by atoms with Crippen LogP contribution in [0.1, 0.15) is 27.2 Å². The van der Waals surface area contributed by atoms with Gasteiger partial charge in [0.05, 0.1) is 6.07 Å². The van der Waals surface area contributed by atoms with Crippen molar-refractivity contribution in [1.82, 2.24) is 9.80 Å². The van der Waals surface area contributed by atoms with Gasteiger partial charge in [-0.1, -0.05) is 20.8 Å². The maximum atomic E-state index is 9.46. The molecule has 1 atom stereocenters. The van der Waals surface area contributed by atoms with Crippen LogP contribution < -0.4 is 0 Å². The number of nitrogens with zero attached hydrogens (tertiary/aromatic N) is 3. The molecular formula is C12H23N3. The van der Waals surface area contributed by atoms with Crippen LogP contribution in [0.5, 0.6) is 0 Å². The van der Waals surface area contributed by atoms with Gasteiger partial charge in [-0.2, -0.15) is 5.26 Å². The van der Waals surface area contributed by atoms with E-state index >= 15 is 0 Å². The van der Waals surface area contributed by atoms with Crippen molar-refractivity contribution in [1.29, 1.82) is 5.26 Å². The van der Waals surface area contributed by atoms with Crippen LogP contribution in [0.25, 0.3) is 0 Å². The van der Waals surface area contributed by atoms with Crippen LogP contribution in [0.15, 0.2) is 0 Å². The van der Waals surface area contributed by atoms with Crippen LogP contribution >= 0.6 is 0 Å². The van der Waals surface area contributed by atoms with Crippen LogP contribution in [0.3, 0.4) is 0 Å². The fourth-order valence-corrected chi connectivity index (χ4v) is 2.48. The molecule has 1 unspecified atom stereocenters. The summed E-state index contributed by atoms with van der Waals surface area (Å²) in [5.41, 5.74) is -0.249. The Bertz CT molecular complexity index is 236. The highest BCUT2D eigenvalue weighted by Crippen LogP contribution is 2.28. The molecule has 0 radical (unpaired) electrons. The molecule has 86 valence electrons. The van der Waals surface area contributed by atoms with E-state index < -0.39 is 0 Å². The van der Waals surface area contributed by atoms with Crippen molar-refractivity contribution in [3.05, 3.63) is 0 Å². The number of piperazine rings is 1. The first kappa shape index (κ1) is 12.5. The maximum Gasteiger partial charge on any atom is 0.111 e. The molecule has 0 aromatic carbocycles. The molecule has 3 nitrogen and oxygen atoms in total. The van der Waals surface area contributed by atoms with Gasteiger partial charge in [0.15, 0.2) is 0 Å². The molecule has 0 bridgehead atoms. The largest absolute Gasteiger partial charge is 0.304 e. The number of nitriles is 1. The van der Waals surface area contributed by atoms with Crippen molar-refractivity contribution < 1.29 is 0 Å². The Kier molecular flexibility index (Phi) is 4.12. The fraction of sp³-hybridized carbons (Fsp3) is 0.917. The molecule has 0 N–H and O–H groups in total. The SMILES string of the molecule is CCC(C#N)(C(C)C)N1CCN(C)CC1. The molecule has 0 aliphatic carbocycles. The maximum absolute atomic E-state index is 9.46. The van der Waals surface area contributed by atoms with E-state index in [9.17, 15) is 5.26 Å². The van der Waals surface area contributed by atoms with Gasteiger partial charge in [-0.25, -0.2) is 0 Å². The molecule has 0 aromatic heterocycles. The molecule has 1 saturated heterocycles. The summed E-state index contributed by atoms with van der Waals surface area (Å²) in [6.07, 6.45) is 0.922. The third-order valence-corrected chi connectivity index (χ3v) is 3.76. The highest BCUT2D eigenvalue weighted by atomic mass is 15.3. The third-order valence-electron chi connectivity index (χ3n) is 3.76. The zero-order valence-corrected chi connectivity index (χ0v) is 10.5. The molecule has 1 heterocycles. The van der Waals surface area contributed by atoms with E-state index in [1.54, 1.807) is 0 Å². The lowest BCUT2D eigenvalue weighted by Crippen LogP contribution is -2.58. The van der Waals surface area contributed by atoms with Crippen molar-refractivity contribution in [2.75, 3.05) is 33.2 Å². The monoisotopic (exact) mass is 209 g/mol. The molecule has 1 aliphatic heterocycles. The predicted molar refractivity (Wildman–Crippen MR) is 62.5 cm³/mol. The van der Waals surface area contributed by atoms with Gasteiger partial charge in [-0.3, -0.25) is 4.90 Å². The van der Waals surface area contributed by atoms with Crippen LogP contribution in [-0.2, 0) is 0 Å². The van der Waals surface area contributed by atoms with Gasteiger partial charge in [0.1, 0.15) is 5.54 Å². The van der Waals surface area contributed by atoms with Gasteiger partial charge in [0.2, 0.25) is 0 Å². The Morgan fingerprint density at radius 2 is 1.80 bits per heavy atom. The summed E-state index contributed by atoms with van der Waals surface area (Å²) in [6.45, 7) is 10.6. The minimum absolute atomic E-state index is 0.249. The second kappa shape index (κ2) is 4.96. The molecule has 3 heteroatoms. The first-order valence-corrected chi connectivity index (χ1v) is 5.91. The summed E-state index contributed by atoms with van der Waals surface area (Å²) >= 11 is 0. The first-order valence-electron chi connectivity index (χ1n) is 5.91. The van der Waals surface area contributed by atoms with Crippen LogP contribution in [0.4, 0.5) is 0 Å². The third kappa shape index (κ3) is 2.32. The minimum Gasteiger partial charge on any atom is -0.304 e. The van der Waals surface area contributed by atoms with Gasteiger partial charge in [0.25, 0.3) is 0 Å². The summed E-state index contributed by atoms with van der Waals surface area (Å²) < 4.78 is 0. The lowest BCUT2D eigenvalue weighted by molar-refractivity contribution is 0.0427. The molecule has 1 fully saturated rings. The first-order chi connectivity index (χ1) is 7.06. The van der Waals surface area contributed by atoms with E-state index in [1.807, 2.05) is 0 Å². The number of rotatable bonds is 3. The highest BCUT2D eigenvalue weighted by Gasteiger charge is 2.39. The molecule has 0 spiro atoms. The molecule has 15 heavy (non-hydrogen) atoms. The number of likely N-dealkylation sites (N-methyl/N-ethyl adjacent to an activating group) is 1. The summed E-state index contributed by atoms with van der Waals surface area (Å²) in [4.78, 5) is 4.70. The van der Waals surface area contributed by atoms with Crippen molar-refractivity contribution in [3.63, 3.8) is 0 Å². The zero-order valence-electron chi connectivity index (χ0n) is 10.5. The van der Waals surface area contributed by atoms with Gasteiger partial charge >= 0.3 is 0 Å². The van der Waals surface area contributed by atoms with Gasteiger partial charge in [-0.15, -0.1) is 0 Å².